The molecular weight excluding hydrogens is 226 g/mol. The van der Waals surface area contributed by atoms with Gasteiger partial charge in [-0.05, 0) is 44.0 Å². The first-order valence-electron chi connectivity index (χ1n) is 5.14. The highest BCUT2D eigenvalue weighted by Crippen LogP contribution is 2.22. The van der Waals surface area contributed by atoms with E-state index in [1.807, 2.05) is 13.8 Å². The summed E-state index contributed by atoms with van der Waals surface area (Å²) in [5.74, 6) is 0.696. The fourth-order valence-electron chi connectivity index (χ4n) is 1.23. The lowest BCUT2D eigenvalue weighted by Crippen LogP contribution is -2.13. The van der Waals surface area contributed by atoms with Gasteiger partial charge in [0.05, 0.1) is 11.0 Å². The Hall–Kier alpha value is -1.07. The minimum atomic E-state index is -3.63. The largest absolute Gasteiger partial charge is 0.490 e. The van der Waals surface area contributed by atoms with Crippen LogP contribution in [0.3, 0.4) is 0 Å². The average molecular weight is 243 g/mol. The van der Waals surface area contributed by atoms with Crippen molar-refractivity contribution in [1.82, 2.24) is 0 Å². The Kier molecular flexibility index (Phi) is 3.93. The number of aryl methyl sites for hydroxylation is 1. The van der Waals surface area contributed by atoms with Crippen molar-refractivity contribution in [2.24, 2.45) is 5.14 Å². The van der Waals surface area contributed by atoms with Gasteiger partial charge < -0.3 is 4.74 Å². The molecule has 0 saturated heterocycles. The van der Waals surface area contributed by atoms with E-state index in [9.17, 15) is 8.42 Å². The number of ether oxygens (including phenoxy) is 1. The molecule has 0 amide bonds. The van der Waals surface area contributed by atoms with Gasteiger partial charge in [0, 0.05) is 0 Å². The van der Waals surface area contributed by atoms with Gasteiger partial charge in [-0.15, -0.1) is 0 Å². The molecule has 1 aromatic carbocycles. The standard InChI is InChI=1S/C11H17NO3S/c1-4-9(3)15-11-6-5-10(7-8(11)2)16(12,13)14/h5-7,9H,4H2,1-3H3,(H2,12,13,14). The Morgan fingerprint density at radius 2 is 2.06 bits per heavy atom. The van der Waals surface area contributed by atoms with Crippen LogP contribution in [-0.4, -0.2) is 14.5 Å². The number of primary sulfonamides is 1. The van der Waals surface area contributed by atoms with Crippen LogP contribution in [0.4, 0.5) is 0 Å². The molecule has 2 N–H and O–H groups in total. The van der Waals surface area contributed by atoms with E-state index in [-0.39, 0.29) is 11.0 Å². The van der Waals surface area contributed by atoms with Crippen LogP contribution in [0.25, 0.3) is 0 Å². The third kappa shape index (κ3) is 3.21. The average Bonchev–Trinajstić information content (AvgIpc) is 2.19. The maximum Gasteiger partial charge on any atom is 0.238 e. The zero-order chi connectivity index (χ0) is 12.3. The van der Waals surface area contributed by atoms with Gasteiger partial charge >= 0.3 is 0 Å². The fraction of sp³-hybridized carbons (Fsp3) is 0.455. The van der Waals surface area contributed by atoms with Crippen LogP contribution in [0.2, 0.25) is 0 Å². The van der Waals surface area contributed by atoms with Gasteiger partial charge in [-0.25, -0.2) is 13.6 Å². The molecule has 5 heteroatoms. The highest BCUT2D eigenvalue weighted by Gasteiger charge is 2.11. The lowest BCUT2D eigenvalue weighted by atomic mass is 10.2. The summed E-state index contributed by atoms with van der Waals surface area (Å²) in [5.41, 5.74) is 0.770. The zero-order valence-corrected chi connectivity index (χ0v) is 10.5. The van der Waals surface area contributed by atoms with E-state index in [4.69, 9.17) is 9.88 Å². The first-order chi connectivity index (χ1) is 7.34. The first kappa shape index (κ1) is 13.0. The maximum atomic E-state index is 11.1. The van der Waals surface area contributed by atoms with Crippen LogP contribution in [0.5, 0.6) is 5.75 Å². The fourth-order valence-corrected chi connectivity index (χ4v) is 1.83. The van der Waals surface area contributed by atoms with Gasteiger partial charge in [0.2, 0.25) is 10.0 Å². The lowest BCUT2D eigenvalue weighted by Gasteiger charge is -2.15. The van der Waals surface area contributed by atoms with Crippen molar-refractivity contribution in [3.8, 4) is 5.75 Å². The molecule has 1 aromatic rings. The molecule has 16 heavy (non-hydrogen) atoms. The predicted octanol–water partition coefficient (Wildman–Crippen LogP) is 1.82. The molecule has 0 heterocycles. The summed E-state index contributed by atoms with van der Waals surface area (Å²) in [4.78, 5) is 0.113. The van der Waals surface area contributed by atoms with Gasteiger partial charge in [0.15, 0.2) is 0 Å². The van der Waals surface area contributed by atoms with E-state index in [2.05, 4.69) is 0 Å². The number of sulfonamides is 1. The third-order valence-corrected chi connectivity index (χ3v) is 3.29. The van der Waals surface area contributed by atoms with E-state index >= 15 is 0 Å². The summed E-state index contributed by atoms with van der Waals surface area (Å²) in [6.07, 6.45) is 1.01. The number of benzene rings is 1. The molecule has 0 saturated carbocycles. The minimum absolute atomic E-state index is 0.110. The minimum Gasteiger partial charge on any atom is -0.490 e. The summed E-state index contributed by atoms with van der Waals surface area (Å²) in [5, 5.41) is 5.03. The Morgan fingerprint density at radius 1 is 1.44 bits per heavy atom. The van der Waals surface area contributed by atoms with Crippen LogP contribution in [0.15, 0.2) is 23.1 Å². The van der Waals surface area contributed by atoms with Gasteiger partial charge in [-0.1, -0.05) is 6.92 Å². The van der Waals surface area contributed by atoms with Crippen LogP contribution < -0.4 is 9.88 Å². The Labute approximate surface area is 96.5 Å². The van der Waals surface area contributed by atoms with Crippen molar-refractivity contribution in [2.45, 2.75) is 38.2 Å². The van der Waals surface area contributed by atoms with Crippen molar-refractivity contribution in [1.29, 1.82) is 0 Å². The van der Waals surface area contributed by atoms with Gasteiger partial charge in [0.25, 0.3) is 0 Å². The molecule has 0 radical (unpaired) electrons. The molecule has 1 unspecified atom stereocenters. The number of rotatable bonds is 4. The molecule has 1 atom stereocenters. The van der Waals surface area contributed by atoms with Gasteiger partial charge in [-0.3, -0.25) is 0 Å². The third-order valence-electron chi connectivity index (χ3n) is 2.38. The van der Waals surface area contributed by atoms with E-state index in [1.165, 1.54) is 12.1 Å². The van der Waals surface area contributed by atoms with Crippen molar-refractivity contribution in [2.75, 3.05) is 0 Å². The number of nitrogens with two attached hydrogens (primary N) is 1. The van der Waals surface area contributed by atoms with E-state index in [1.54, 1.807) is 13.0 Å². The SMILES string of the molecule is CCC(C)Oc1ccc(S(N)(=O)=O)cc1C. The molecule has 1 rings (SSSR count). The number of hydrogen-bond donors (Lipinski definition) is 1. The molecule has 0 aliphatic carbocycles. The first-order valence-corrected chi connectivity index (χ1v) is 6.69. The van der Waals surface area contributed by atoms with Crippen molar-refractivity contribution >= 4 is 10.0 Å². The normalized spacial score (nSPS) is 13.5. The molecule has 0 aromatic heterocycles. The summed E-state index contributed by atoms with van der Waals surface area (Å²) in [7, 11) is -3.63. The van der Waals surface area contributed by atoms with Crippen LogP contribution in [-0.2, 0) is 10.0 Å². The summed E-state index contributed by atoms with van der Waals surface area (Å²) < 4.78 is 27.8. The molecule has 0 fully saturated rings. The van der Waals surface area contributed by atoms with Gasteiger partial charge in [0.1, 0.15) is 5.75 Å². The second kappa shape index (κ2) is 4.84. The lowest BCUT2D eigenvalue weighted by molar-refractivity contribution is 0.216. The molecule has 0 aliphatic heterocycles. The molecule has 0 spiro atoms. The molecule has 4 nitrogen and oxygen atoms in total. The van der Waals surface area contributed by atoms with Crippen LogP contribution >= 0.6 is 0 Å². The van der Waals surface area contributed by atoms with Crippen molar-refractivity contribution in [3.63, 3.8) is 0 Å². The highest BCUT2D eigenvalue weighted by atomic mass is 32.2. The number of hydrogen-bond acceptors (Lipinski definition) is 3. The van der Waals surface area contributed by atoms with Crippen molar-refractivity contribution < 1.29 is 13.2 Å². The Morgan fingerprint density at radius 3 is 2.50 bits per heavy atom. The topological polar surface area (TPSA) is 69.4 Å². The van der Waals surface area contributed by atoms with E-state index in [0.717, 1.165) is 12.0 Å². The second-order valence-electron chi connectivity index (χ2n) is 3.81. The maximum absolute atomic E-state index is 11.1. The molecule has 0 aliphatic rings. The smallest absolute Gasteiger partial charge is 0.238 e. The van der Waals surface area contributed by atoms with Crippen LogP contribution in [0, 0.1) is 6.92 Å². The van der Waals surface area contributed by atoms with E-state index in [0.29, 0.717) is 5.75 Å². The molecule has 90 valence electrons. The second-order valence-corrected chi connectivity index (χ2v) is 5.37. The van der Waals surface area contributed by atoms with Crippen molar-refractivity contribution in [3.05, 3.63) is 23.8 Å². The predicted molar refractivity (Wildman–Crippen MR) is 62.9 cm³/mol. The highest BCUT2D eigenvalue weighted by molar-refractivity contribution is 7.89. The summed E-state index contributed by atoms with van der Waals surface area (Å²) in [6, 6.07) is 4.62. The van der Waals surface area contributed by atoms with Gasteiger partial charge in [-0.2, -0.15) is 0 Å². The Balaban J connectivity index is 3.01. The monoisotopic (exact) mass is 243 g/mol. The summed E-state index contributed by atoms with van der Waals surface area (Å²) >= 11 is 0. The Bertz CT molecular complexity index is 468. The van der Waals surface area contributed by atoms with E-state index < -0.39 is 10.0 Å². The van der Waals surface area contributed by atoms with Crippen LogP contribution in [0.1, 0.15) is 25.8 Å². The zero-order valence-electron chi connectivity index (χ0n) is 9.73. The summed E-state index contributed by atoms with van der Waals surface area (Å²) in [6.45, 7) is 5.79. The molecule has 0 bridgehead atoms. The molecular formula is C11H17NO3S. The quantitative estimate of drug-likeness (QED) is 0.877.